The second-order valence-electron chi connectivity index (χ2n) is 6.82. The Morgan fingerprint density at radius 3 is 2.93 bits per heavy atom. The topological polar surface area (TPSA) is 76.1 Å². The Hall–Kier alpha value is -2.36. The number of nitrogens with zero attached hydrogens (tertiary/aromatic N) is 2. The van der Waals surface area contributed by atoms with Crippen LogP contribution in [0.15, 0.2) is 29.6 Å². The van der Waals surface area contributed by atoms with Crippen molar-refractivity contribution in [2.45, 2.75) is 38.7 Å². The SMILES string of the molecule is Cc1nc(NC(=O)C[C@@H]2CCCCO2)sc1-c1csc(Nc2ccccc2F)n1. The zero-order chi connectivity index (χ0) is 20.2. The molecular weight excluding hydrogens is 411 g/mol. The standard InChI is InChI=1S/C20H21FN4O2S2/c1-12-18(16-11-28-19(24-16)23-15-8-3-2-7-14(15)21)29-20(22-12)25-17(26)10-13-6-4-5-9-27-13/h2-3,7-8,11,13H,4-6,9-10H2,1H3,(H,23,24)(H,22,25,26)/t13-/m0/s1. The first-order chi connectivity index (χ1) is 14.1. The zero-order valence-electron chi connectivity index (χ0n) is 15.9. The van der Waals surface area contributed by atoms with E-state index in [1.165, 1.54) is 28.7 Å². The number of aromatic nitrogens is 2. The van der Waals surface area contributed by atoms with Crippen LogP contribution in [0.1, 0.15) is 31.4 Å². The highest BCUT2D eigenvalue weighted by Gasteiger charge is 2.20. The van der Waals surface area contributed by atoms with Crippen molar-refractivity contribution in [3.05, 3.63) is 41.2 Å². The monoisotopic (exact) mass is 432 g/mol. The van der Waals surface area contributed by atoms with Crippen molar-refractivity contribution in [3.63, 3.8) is 0 Å². The average Bonchev–Trinajstić information content (AvgIpc) is 3.30. The van der Waals surface area contributed by atoms with Crippen LogP contribution in [0.5, 0.6) is 0 Å². The van der Waals surface area contributed by atoms with E-state index in [9.17, 15) is 9.18 Å². The number of benzene rings is 1. The fraction of sp³-hybridized carbons (Fsp3) is 0.350. The molecule has 0 aliphatic carbocycles. The van der Waals surface area contributed by atoms with Crippen molar-refractivity contribution in [1.29, 1.82) is 0 Å². The number of amides is 1. The normalized spacial score (nSPS) is 16.6. The van der Waals surface area contributed by atoms with Gasteiger partial charge in [0.15, 0.2) is 10.3 Å². The summed E-state index contributed by atoms with van der Waals surface area (Å²) in [7, 11) is 0. The fourth-order valence-electron chi connectivity index (χ4n) is 3.15. The van der Waals surface area contributed by atoms with Crippen molar-refractivity contribution in [2.24, 2.45) is 0 Å². The summed E-state index contributed by atoms with van der Waals surface area (Å²) in [6, 6.07) is 6.47. The molecule has 1 atom stereocenters. The lowest BCUT2D eigenvalue weighted by molar-refractivity contribution is -0.119. The first-order valence-electron chi connectivity index (χ1n) is 9.45. The predicted octanol–water partition coefficient (Wildman–Crippen LogP) is 5.36. The smallest absolute Gasteiger partial charge is 0.228 e. The number of nitrogens with one attached hydrogen (secondary N) is 2. The summed E-state index contributed by atoms with van der Waals surface area (Å²) in [5.74, 6) is -0.414. The van der Waals surface area contributed by atoms with Gasteiger partial charge in [0.1, 0.15) is 5.82 Å². The number of carbonyl (C=O) groups excluding carboxylic acids is 1. The minimum Gasteiger partial charge on any atom is -0.378 e. The molecule has 4 rings (SSSR count). The molecule has 9 heteroatoms. The summed E-state index contributed by atoms with van der Waals surface area (Å²) in [5.41, 5.74) is 1.93. The maximum Gasteiger partial charge on any atom is 0.228 e. The van der Waals surface area contributed by atoms with E-state index in [-0.39, 0.29) is 17.8 Å². The molecule has 29 heavy (non-hydrogen) atoms. The highest BCUT2D eigenvalue weighted by atomic mass is 32.1. The number of anilines is 3. The van der Waals surface area contributed by atoms with Gasteiger partial charge in [-0.15, -0.1) is 11.3 Å². The molecule has 3 heterocycles. The van der Waals surface area contributed by atoms with Crippen molar-refractivity contribution < 1.29 is 13.9 Å². The lowest BCUT2D eigenvalue weighted by atomic mass is 10.1. The molecule has 0 unspecified atom stereocenters. The number of carbonyl (C=O) groups is 1. The van der Waals surface area contributed by atoms with Crippen LogP contribution in [0.3, 0.4) is 0 Å². The van der Waals surface area contributed by atoms with E-state index >= 15 is 0 Å². The number of halogens is 1. The zero-order valence-corrected chi connectivity index (χ0v) is 17.5. The Morgan fingerprint density at radius 1 is 1.28 bits per heavy atom. The average molecular weight is 433 g/mol. The molecule has 1 saturated heterocycles. The Labute approximate surface area is 176 Å². The largest absolute Gasteiger partial charge is 0.378 e. The van der Waals surface area contributed by atoms with Gasteiger partial charge in [0.05, 0.1) is 34.5 Å². The molecule has 2 aromatic heterocycles. The molecule has 1 aromatic carbocycles. The summed E-state index contributed by atoms with van der Waals surface area (Å²) in [6.45, 7) is 2.61. The quantitative estimate of drug-likeness (QED) is 0.549. The maximum atomic E-state index is 13.8. The molecule has 2 N–H and O–H groups in total. The molecule has 1 aliphatic heterocycles. The Morgan fingerprint density at radius 2 is 2.14 bits per heavy atom. The predicted molar refractivity (Wildman–Crippen MR) is 114 cm³/mol. The highest BCUT2D eigenvalue weighted by Crippen LogP contribution is 2.35. The van der Waals surface area contributed by atoms with Crippen molar-refractivity contribution >= 4 is 44.5 Å². The third kappa shape index (κ3) is 4.98. The lowest BCUT2D eigenvalue weighted by Gasteiger charge is -2.21. The Kier molecular flexibility index (Phi) is 6.17. The van der Waals surface area contributed by atoms with Gasteiger partial charge in [0.25, 0.3) is 0 Å². The summed E-state index contributed by atoms with van der Waals surface area (Å²) in [6.07, 6.45) is 3.43. The van der Waals surface area contributed by atoms with Crippen LogP contribution < -0.4 is 10.6 Å². The van der Waals surface area contributed by atoms with Crippen LogP contribution in [0.25, 0.3) is 10.6 Å². The molecule has 0 radical (unpaired) electrons. The van der Waals surface area contributed by atoms with Gasteiger partial charge in [0, 0.05) is 12.0 Å². The molecule has 6 nitrogen and oxygen atoms in total. The third-order valence-electron chi connectivity index (χ3n) is 4.58. The van der Waals surface area contributed by atoms with Gasteiger partial charge in [-0.2, -0.15) is 0 Å². The molecule has 152 valence electrons. The number of aryl methyl sites for hydroxylation is 1. The second-order valence-corrected chi connectivity index (χ2v) is 8.67. The Balaban J connectivity index is 1.42. The second kappa shape index (κ2) is 8.98. The summed E-state index contributed by atoms with van der Waals surface area (Å²) in [5, 5.41) is 8.91. The van der Waals surface area contributed by atoms with Crippen LogP contribution in [0, 0.1) is 12.7 Å². The molecule has 0 saturated carbocycles. The van der Waals surface area contributed by atoms with Gasteiger partial charge in [-0.1, -0.05) is 23.5 Å². The number of hydrogen-bond acceptors (Lipinski definition) is 7. The first-order valence-corrected chi connectivity index (χ1v) is 11.1. The summed E-state index contributed by atoms with van der Waals surface area (Å²) >= 11 is 2.77. The van der Waals surface area contributed by atoms with Gasteiger partial charge in [0.2, 0.25) is 5.91 Å². The summed E-state index contributed by atoms with van der Waals surface area (Å²) in [4.78, 5) is 22.2. The van der Waals surface area contributed by atoms with Crippen LogP contribution in [-0.4, -0.2) is 28.6 Å². The lowest BCUT2D eigenvalue weighted by Crippen LogP contribution is -2.25. The van der Waals surface area contributed by atoms with E-state index in [0.717, 1.165) is 42.1 Å². The van der Waals surface area contributed by atoms with Gasteiger partial charge in [-0.3, -0.25) is 4.79 Å². The van der Waals surface area contributed by atoms with E-state index in [2.05, 4.69) is 20.6 Å². The molecule has 0 bridgehead atoms. The molecule has 1 aliphatic rings. The van der Waals surface area contributed by atoms with Crippen molar-refractivity contribution in [1.82, 2.24) is 9.97 Å². The number of thiazole rings is 2. The van der Waals surface area contributed by atoms with E-state index in [1.807, 2.05) is 12.3 Å². The Bertz CT molecular complexity index is 998. The van der Waals surface area contributed by atoms with Crippen molar-refractivity contribution in [2.75, 3.05) is 17.2 Å². The van der Waals surface area contributed by atoms with Crippen LogP contribution in [-0.2, 0) is 9.53 Å². The molecule has 3 aromatic rings. The minimum absolute atomic E-state index is 0.00478. The number of rotatable bonds is 6. The number of hydrogen-bond donors (Lipinski definition) is 2. The molecule has 1 amide bonds. The molecular formula is C20H21FN4O2S2. The minimum atomic E-state index is -0.329. The van der Waals surface area contributed by atoms with E-state index in [0.29, 0.717) is 22.4 Å². The fourth-order valence-corrected chi connectivity index (χ4v) is 4.88. The maximum absolute atomic E-state index is 13.8. The van der Waals surface area contributed by atoms with E-state index in [4.69, 9.17) is 4.74 Å². The van der Waals surface area contributed by atoms with E-state index < -0.39 is 0 Å². The summed E-state index contributed by atoms with van der Waals surface area (Å²) < 4.78 is 19.4. The van der Waals surface area contributed by atoms with Crippen LogP contribution in [0.2, 0.25) is 0 Å². The van der Waals surface area contributed by atoms with E-state index in [1.54, 1.807) is 18.2 Å². The van der Waals surface area contributed by atoms with Gasteiger partial charge < -0.3 is 15.4 Å². The van der Waals surface area contributed by atoms with Crippen LogP contribution >= 0.6 is 22.7 Å². The number of ether oxygens (including phenoxy) is 1. The van der Waals surface area contributed by atoms with Crippen molar-refractivity contribution in [3.8, 4) is 10.6 Å². The van der Waals surface area contributed by atoms with Gasteiger partial charge >= 0.3 is 0 Å². The van der Waals surface area contributed by atoms with Gasteiger partial charge in [-0.05, 0) is 38.3 Å². The molecule has 0 spiro atoms. The van der Waals surface area contributed by atoms with Gasteiger partial charge in [-0.25, -0.2) is 14.4 Å². The number of para-hydroxylation sites is 1. The highest BCUT2D eigenvalue weighted by molar-refractivity contribution is 7.20. The first kappa shape index (κ1) is 19.9. The third-order valence-corrected chi connectivity index (χ3v) is 6.44. The van der Waals surface area contributed by atoms with Crippen LogP contribution in [0.4, 0.5) is 20.3 Å². The molecule has 1 fully saturated rings.